The molecule has 1 heterocycles. The van der Waals surface area contributed by atoms with Gasteiger partial charge in [0.2, 0.25) is 0 Å². The van der Waals surface area contributed by atoms with Gasteiger partial charge < -0.3 is 5.32 Å². The second-order valence-corrected chi connectivity index (χ2v) is 5.12. The van der Waals surface area contributed by atoms with E-state index in [4.69, 9.17) is 0 Å². The van der Waals surface area contributed by atoms with Crippen molar-refractivity contribution >= 4 is 11.5 Å². The van der Waals surface area contributed by atoms with Crippen LogP contribution in [0.25, 0.3) is 0 Å². The normalized spacial score (nSPS) is 19.5. The Hall–Kier alpha value is -1.26. The van der Waals surface area contributed by atoms with E-state index in [1.165, 1.54) is 29.1 Å². The van der Waals surface area contributed by atoms with Crippen molar-refractivity contribution in [1.82, 2.24) is 14.9 Å². The Bertz CT molecular complexity index is 495. The lowest BCUT2D eigenvalue weighted by Gasteiger charge is -2.32. The van der Waals surface area contributed by atoms with E-state index in [9.17, 15) is 0 Å². The molecule has 3 rings (SSSR count). The molecule has 0 amide bonds. The fourth-order valence-electron chi connectivity index (χ4n) is 2.57. The zero-order chi connectivity index (χ0) is 11.7. The predicted molar refractivity (Wildman–Crippen MR) is 69.2 cm³/mol. The van der Waals surface area contributed by atoms with Gasteiger partial charge in [-0.15, -0.1) is 5.10 Å². The Morgan fingerprint density at radius 1 is 1.47 bits per heavy atom. The molecule has 17 heavy (non-hydrogen) atoms. The number of nitrogens with one attached hydrogen (secondary N) is 1. The fraction of sp³-hybridized carbons (Fsp3) is 0.385. The molecule has 0 radical (unpaired) electrons. The van der Waals surface area contributed by atoms with Crippen LogP contribution in [0.1, 0.15) is 35.2 Å². The van der Waals surface area contributed by atoms with Crippen LogP contribution in [0, 0.1) is 0 Å². The van der Waals surface area contributed by atoms with Crippen molar-refractivity contribution in [2.24, 2.45) is 0 Å². The van der Waals surface area contributed by atoms with Gasteiger partial charge in [0.25, 0.3) is 0 Å². The molecule has 1 N–H and O–H groups in total. The summed E-state index contributed by atoms with van der Waals surface area (Å²) < 4.78 is 3.94. The number of hydrogen-bond donors (Lipinski definition) is 1. The van der Waals surface area contributed by atoms with Crippen molar-refractivity contribution in [1.29, 1.82) is 0 Å². The van der Waals surface area contributed by atoms with Crippen molar-refractivity contribution in [3.8, 4) is 0 Å². The molecular weight excluding hydrogens is 230 g/mol. The first-order valence-corrected chi connectivity index (χ1v) is 6.74. The van der Waals surface area contributed by atoms with Crippen LogP contribution in [0.15, 0.2) is 29.6 Å². The Kier molecular flexibility index (Phi) is 2.91. The molecule has 0 saturated heterocycles. The first-order valence-electron chi connectivity index (χ1n) is 5.90. The summed E-state index contributed by atoms with van der Waals surface area (Å²) in [6.45, 7) is 0. The SMILES string of the molecule is CNC(CC1Cc2ccccc21)c1csnn1. The van der Waals surface area contributed by atoms with E-state index in [0.29, 0.717) is 12.0 Å². The molecule has 0 bridgehead atoms. The number of nitrogens with zero attached hydrogens (tertiary/aromatic N) is 2. The van der Waals surface area contributed by atoms with Gasteiger partial charge in [0.1, 0.15) is 0 Å². The molecule has 0 saturated carbocycles. The molecule has 0 aliphatic heterocycles. The second kappa shape index (κ2) is 4.55. The summed E-state index contributed by atoms with van der Waals surface area (Å²) in [6.07, 6.45) is 2.31. The Labute approximate surface area is 105 Å². The van der Waals surface area contributed by atoms with Gasteiger partial charge in [0, 0.05) is 5.38 Å². The predicted octanol–water partition coefficient (Wildman–Crippen LogP) is 2.53. The maximum absolute atomic E-state index is 4.16. The van der Waals surface area contributed by atoms with Gasteiger partial charge in [0.15, 0.2) is 0 Å². The number of hydrogen-bond acceptors (Lipinski definition) is 4. The third kappa shape index (κ3) is 1.98. The van der Waals surface area contributed by atoms with E-state index in [2.05, 4.69) is 39.2 Å². The molecule has 1 aliphatic rings. The summed E-state index contributed by atoms with van der Waals surface area (Å²) in [5.41, 5.74) is 4.08. The lowest BCUT2D eigenvalue weighted by Crippen LogP contribution is -2.25. The monoisotopic (exact) mass is 245 g/mol. The van der Waals surface area contributed by atoms with Crippen LogP contribution < -0.4 is 5.32 Å². The number of aromatic nitrogens is 2. The number of benzene rings is 1. The summed E-state index contributed by atoms with van der Waals surface area (Å²) in [7, 11) is 1.99. The van der Waals surface area contributed by atoms with Gasteiger partial charge >= 0.3 is 0 Å². The maximum Gasteiger partial charge on any atom is 0.0924 e. The Morgan fingerprint density at radius 2 is 2.35 bits per heavy atom. The quantitative estimate of drug-likeness (QED) is 0.899. The van der Waals surface area contributed by atoms with Crippen LogP contribution in [0.2, 0.25) is 0 Å². The molecule has 1 aromatic carbocycles. The lowest BCUT2D eigenvalue weighted by atomic mass is 9.74. The van der Waals surface area contributed by atoms with Crippen molar-refractivity contribution in [2.75, 3.05) is 7.05 Å². The van der Waals surface area contributed by atoms with E-state index in [-0.39, 0.29) is 0 Å². The van der Waals surface area contributed by atoms with Crippen LogP contribution in [-0.4, -0.2) is 16.6 Å². The van der Waals surface area contributed by atoms with Crippen molar-refractivity contribution < 1.29 is 0 Å². The van der Waals surface area contributed by atoms with Crippen LogP contribution in [-0.2, 0) is 6.42 Å². The van der Waals surface area contributed by atoms with Gasteiger partial charge in [-0.2, -0.15) is 0 Å². The minimum atomic E-state index is 0.326. The number of rotatable bonds is 4. The first-order chi connectivity index (χ1) is 8.38. The molecule has 0 fully saturated rings. The molecule has 3 nitrogen and oxygen atoms in total. The molecule has 0 spiro atoms. The third-order valence-electron chi connectivity index (χ3n) is 3.56. The highest BCUT2D eigenvalue weighted by Gasteiger charge is 2.28. The highest BCUT2D eigenvalue weighted by Crippen LogP contribution is 2.40. The second-order valence-electron chi connectivity index (χ2n) is 4.51. The average molecular weight is 245 g/mol. The molecule has 2 unspecified atom stereocenters. The van der Waals surface area contributed by atoms with Gasteiger partial charge in [-0.3, -0.25) is 0 Å². The molecule has 2 atom stereocenters. The Balaban J connectivity index is 1.73. The van der Waals surface area contributed by atoms with Crippen LogP contribution in [0.5, 0.6) is 0 Å². The molecule has 1 aliphatic carbocycles. The summed E-state index contributed by atoms with van der Waals surface area (Å²) in [4.78, 5) is 0. The van der Waals surface area contributed by atoms with Crippen molar-refractivity contribution in [3.05, 3.63) is 46.5 Å². The molecule has 2 aromatic rings. The van der Waals surface area contributed by atoms with Crippen molar-refractivity contribution in [2.45, 2.75) is 24.8 Å². The minimum absolute atomic E-state index is 0.326. The standard InChI is InChI=1S/C13H15N3S/c1-14-12(13-8-17-16-15-13)7-10-6-9-4-2-3-5-11(9)10/h2-5,8,10,12,14H,6-7H2,1H3. The molecule has 4 heteroatoms. The van der Waals surface area contributed by atoms with Gasteiger partial charge in [-0.25, -0.2) is 0 Å². The van der Waals surface area contributed by atoms with E-state index in [0.717, 1.165) is 12.1 Å². The van der Waals surface area contributed by atoms with Gasteiger partial charge in [-0.1, -0.05) is 28.8 Å². The average Bonchev–Trinajstić information content (AvgIpc) is 2.84. The summed E-state index contributed by atoms with van der Waals surface area (Å²) in [5, 5.41) is 9.53. The van der Waals surface area contributed by atoms with E-state index in [1.54, 1.807) is 0 Å². The van der Waals surface area contributed by atoms with Crippen LogP contribution >= 0.6 is 11.5 Å². The highest BCUT2D eigenvalue weighted by molar-refractivity contribution is 7.03. The Morgan fingerprint density at radius 3 is 3.06 bits per heavy atom. The topological polar surface area (TPSA) is 37.8 Å². The van der Waals surface area contributed by atoms with Crippen molar-refractivity contribution in [3.63, 3.8) is 0 Å². The molecule has 88 valence electrons. The van der Waals surface area contributed by atoms with E-state index >= 15 is 0 Å². The lowest BCUT2D eigenvalue weighted by molar-refractivity contribution is 0.445. The smallest absolute Gasteiger partial charge is 0.0924 e. The molecule has 1 aromatic heterocycles. The van der Waals surface area contributed by atoms with Gasteiger partial charge in [0.05, 0.1) is 11.7 Å². The van der Waals surface area contributed by atoms with E-state index in [1.807, 2.05) is 12.4 Å². The highest BCUT2D eigenvalue weighted by atomic mass is 32.1. The van der Waals surface area contributed by atoms with Crippen LogP contribution in [0.4, 0.5) is 0 Å². The third-order valence-corrected chi connectivity index (χ3v) is 4.09. The van der Waals surface area contributed by atoms with Crippen LogP contribution in [0.3, 0.4) is 0 Å². The first kappa shape index (κ1) is 10.9. The van der Waals surface area contributed by atoms with E-state index < -0.39 is 0 Å². The number of fused-ring (bicyclic) bond motifs is 1. The summed E-state index contributed by atoms with van der Waals surface area (Å²) in [5.74, 6) is 0.672. The summed E-state index contributed by atoms with van der Waals surface area (Å²) in [6, 6.07) is 9.05. The largest absolute Gasteiger partial charge is 0.312 e. The molecular formula is C13H15N3S. The fourth-order valence-corrected chi connectivity index (χ4v) is 3.08. The van der Waals surface area contributed by atoms with Gasteiger partial charge in [-0.05, 0) is 48.5 Å². The minimum Gasteiger partial charge on any atom is -0.312 e. The zero-order valence-electron chi connectivity index (χ0n) is 9.76. The summed E-state index contributed by atoms with van der Waals surface area (Å²) >= 11 is 1.42. The maximum atomic E-state index is 4.16. The zero-order valence-corrected chi connectivity index (χ0v) is 10.6.